The Bertz CT molecular complexity index is 3440. The smallest absolute Gasteiger partial charge is 0.193 e. The van der Waals surface area contributed by atoms with Gasteiger partial charge in [-0.1, -0.05) is 199 Å². The third-order valence-corrected chi connectivity index (χ3v) is 15.4. The number of ketones is 2. The van der Waals surface area contributed by atoms with Gasteiger partial charge in [0.1, 0.15) is 5.75 Å². The van der Waals surface area contributed by atoms with E-state index in [0.29, 0.717) is 28.0 Å². The summed E-state index contributed by atoms with van der Waals surface area (Å²) in [6.07, 6.45) is 2.21. The second kappa shape index (κ2) is 22.9. The molecule has 0 saturated carbocycles. The largest absolute Gasteiger partial charge is 0.497 e. The summed E-state index contributed by atoms with van der Waals surface area (Å²) in [7, 11) is 1.52. The van der Waals surface area contributed by atoms with Crippen LogP contribution in [0.4, 0.5) is 0 Å². The number of carbonyl (C=O) groups excluding carboxylic acids is 2. The van der Waals surface area contributed by atoms with Gasteiger partial charge in [0.15, 0.2) is 11.6 Å². The molecular weight excluding hydrogens is 925 g/mol. The number of methoxy groups -OCH3 is 1. The van der Waals surface area contributed by atoms with Gasteiger partial charge in [-0.3, -0.25) is 9.59 Å². The molecule has 0 fully saturated rings. The molecule has 0 heterocycles. The fourth-order valence-electron chi connectivity index (χ4n) is 10.5. The number of fused-ring (bicyclic) bond motifs is 6. The Morgan fingerprint density at radius 2 is 0.724 bits per heavy atom. The zero-order valence-electron chi connectivity index (χ0n) is 47.3. The Balaban J connectivity index is 0.000000137. The van der Waals surface area contributed by atoms with Crippen molar-refractivity contribution in [2.24, 2.45) is 0 Å². The van der Waals surface area contributed by atoms with Gasteiger partial charge >= 0.3 is 0 Å². The molecular formula is C73H74O3. The Kier molecular flexibility index (Phi) is 16.4. The van der Waals surface area contributed by atoms with Crippen LogP contribution in [0.15, 0.2) is 170 Å². The summed E-state index contributed by atoms with van der Waals surface area (Å²) in [6, 6.07) is 58.3. The molecule has 0 aliphatic heterocycles. The van der Waals surface area contributed by atoms with Gasteiger partial charge in [-0.05, 0) is 191 Å². The lowest BCUT2D eigenvalue weighted by atomic mass is 9.76. The first kappa shape index (κ1) is 54.4. The van der Waals surface area contributed by atoms with Gasteiger partial charge in [0, 0.05) is 27.7 Å². The number of rotatable bonds is 7. The first-order valence-corrected chi connectivity index (χ1v) is 26.7. The second-order valence-electron chi connectivity index (χ2n) is 22.0. The van der Waals surface area contributed by atoms with Crippen LogP contribution in [0.2, 0.25) is 0 Å². The van der Waals surface area contributed by atoms with Gasteiger partial charge < -0.3 is 4.74 Å². The van der Waals surface area contributed by atoms with Gasteiger partial charge in [-0.25, -0.2) is 0 Å². The van der Waals surface area contributed by atoms with Crippen LogP contribution in [-0.4, -0.2) is 18.7 Å². The molecule has 0 N–H and O–H groups in total. The summed E-state index contributed by atoms with van der Waals surface area (Å²) in [5.74, 6) is 0.210. The number of hydrogen-bond acceptors (Lipinski definition) is 3. The van der Waals surface area contributed by atoms with Crippen LogP contribution in [0, 0.1) is 76.2 Å². The van der Waals surface area contributed by atoms with Gasteiger partial charge in [-0.2, -0.15) is 0 Å². The minimum absolute atomic E-state index is 0.0525. The minimum atomic E-state index is -0.137. The van der Waals surface area contributed by atoms with Crippen LogP contribution in [0.5, 0.6) is 5.75 Å². The summed E-state index contributed by atoms with van der Waals surface area (Å²) < 4.78 is 5.30. The third kappa shape index (κ3) is 12.3. The standard InChI is InChI=1S/C23H20O3.C19H24.C16H16.C15H14/c1-15-4-8-17(9-5-15)22(24)19-12-20(14-21(13-19)26-3)23(25)18-10-6-16(2)7-11-18;1-13-7-9-17(11-15(13)3)19(5,6)18-10-8-14(2)16(4)12-18;1-10-4-5-15-13(7-10)9-14-8-11(2)6-12(3)16(14)15;1-10-3-5-14-12(7-10)9-13-8-11(2)4-6-15(13)14/h4-14H,1-3H3;7-12H,1-6H3;4-8H,9H2,1-3H3;3-8H,9H2,1-2H3. The molecule has 0 aromatic heterocycles. The summed E-state index contributed by atoms with van der Waals surface area (Å²) >= 11 is 0. The van der Waals surface area contributed by atoms with E-state index in [4.69, 9.17) is 4.74 Å². The van der Waals surface area contributed by atoms with Crippen molar-refractivity contribution >= 4 is 11.6 Å². The first-order chi connectivity index (χ1) is 36.2. The van der Waals surface area contributed by atoms with E-state index in [-0.39, 0.29) is 17.0 Å². The topological polar surface area (TPSA) is 43.4 Å². The maximum absolute atomic E-state index is 12.8. The molecule has 0 atom stereocenters. The van der Waals surface area contributed by atoms with E-state index in [0.717, 1.165) is 24.0 Å². The number of aryl methyl sites for hydroxylation is 11. The molecule has 76 heavy (non-hydrogen) atoms. The average molecular weight is 999 g/mol. The Morgan fingerprint density at radius 1 is 0.342 bits per heavy atom. The number of ether oxygens (including phenoxy) is 1. The van der Waals surface area contributed by atoms with E-state index >= 15 is 0 Å². The molecule has 384 valence electrons. The molecule has 11 rings (SSSR count). The molecule has 9 aromatic rings. The van der Waals surface area contributed by atoms with Crippen LogP contribution < -0.4 is 4.74 Å². The molecule has 0 unspecified atom stereocenters. The lowest BCUT2D eigenvalue weighted by Gasteiger charge is -2.27. The van der Waals surface area contributed by atoms with Crippen molar-refractivity contribution in [1.82, 2.24) is 0 Å². The molecule has 0 amide bonds. The number of benzene rings is 9. The molecule has 0 radical (unpaired) electrons. The van der Waals surface area contributed by atoms with Crippen molar-refractivity contribution < 1.29 is 14.3 Å². The molecule has 3 heteroatoms. The Labute approximate surface area is 453 Å². The lowest BCUT2D eigenvalue weighted by Crippen LogP contribution is -2.19. The van der Waals surface area contributed by atoms with Crippen molar-refractivity contribution in [2.45, 2.75) is 108 Å². The molecule has 2 aliphatic rings. The third-order valence-electron chi connectivity index (χ3n) is 15.4. The fraction of sp³-hybridized carbons (Fsp3) is 0.233. The normalized spacial score (nSPS) is 11.6. The van der Waals surface area contributed by atoms with E-state index in [1.807, 2.05) is 38.1 Å². The second-order valence-corrected chi connectivity index (χ2v) is 22.0. The Hall–Kier alpha value is -7.88. The van der Waals surface area contributed by atoms with Gasteiger partial charge in [-0.15, -0.1) is 0 Å². The average Bonchev–Trinajstić information content (AvgIpc) is 3.94. The van der Waals surface area contributed by atoms with Crippen LogP contribution in [0.3, 0.4) is 0 Å². The maximum Gasteiger partial charge on any atom is 0.193 e. The number of carbonyl (C=O) groups is 2. The predicted molar refractivity (Wildman–Crippen MR) is 319 cm³/mol. The van der Waals surface area contributed by atoms with Crippen molar-refractivity contribution in [3.05, 3.63) is 287 Å². The SMILES string of the molecule is COc1cc(C(=O)c2ccc(C)cc2)cc(C(=O)c2ccc(C)cc2)c1.Cc1ccc(C(C)(C)c2ccc(C)c(C)c2)cc1C.Cc1ccc2c(c1)Cc1cc(C)cc(C)c1-2.Cc1ccc2c(c1)Cc1cc(C)ccc1-2. The van der Waals surface area contributed by atoms with Crippen LogP contribution in [0.25, 0.3) is 22.3 Å². The van der Waals surface area contributed by atoms with Gasteiger partial charge in [0.2, 0.25) is 0 Å². The van der Waals surface area contributed by atoms with Gasteiger partial charge in [0.25, 0.3) is 0 Å². The summed E-state index contributed by atoms with van der Waals surface area (Å²) in [5, 5.41) is 0. The van der Waals surface area contributed by atoms with Crippen molar-refractivity contribution in [1.29, 1.82) is 0 Å². The quantitative estimate of drug-likeness (QED) is 0.149. The van der Waals surface area contributed by atoms with E-state index in [1.165, 1.54) is 113 Å². The minimum Gasteiger partial charge on any atom is -0.497 e. The highest BCUT2D eigenvalue weighted by molar-refractivity contribution is 6.13. The van der Waals surface area contributed by atoms with E-state index in [1.54, 1.807) is 42.5 Å². The highest BCUT2D eigenvalue weighted by Gasteiger charge is 2.25. The number of hydrogen-bond donors (Lipinski definition) is 0. The first-order valence-electron chi connectivity index (χ1n) is 26.7. The van der Waals surface area contributed by atoms with Crippen LogP contribution >= 0.6 is 0 Å². The highest BCUT2D eigenvalue weighted by atomic mass is 16.5. The summed E-state index contributed by atoms with van der Waals surface area (Å²) in [6.45, 7) is 28.2. The van der Waals surface area contributed by atoms with E-state index in [9.17, 15) is 9.59 Å². The monoisotopic (exact) mass is 999 g/mol. The zero-order chi connectivity index (χ0) is 54.6. The van der Waals surface area contributed by atoms with Crippen molar-refractivity contribution in [2.75, 3.05) is 7.11 Å². The summed E-state index contributed by atoms with van der Waals surface area (Å²) in [5.41, 5.74) is 31.1. The summed E-state index contributed by atoms with van der Waals surface area (Å²) in [4.78, 5) is 25.6. The van der Waals surface area contributed by atoms with Gasteiger partial charge in [0.05, 0.1) is 7.11 Å². The Morgan fingerprint density at radius 3 is 1.14 bits per heavy atom. The molecule has 0 spiro atoms. The van der Waals surface area contributed by atoms with Crippen molar-refractivity contribution in [3.63, 3.8) is 0 Å². The molecule has 2 aliphatic carbocycles. The lowest BCUT2D eigenvalue weighted by molar-refractivity contribution is 0.103. The van der Waals surface area contributed by atoms with E-state index < -0.39 is 0 Å². The predicted octanol–water partition coefficient (Wildman–Crippen LogP) is 18.1. The molecule has 3 nitrogen and oxygen atoms in total. The molecule has 0 bridgehead atoms. The van der Waals surface area contributed by atoms with E-state index in [2.05, 4.69) is 179 Å². The van der Waals surface area contributed by atoms with Crippen LogP contribution in [0.1, 0.15) is 140 Å². The molecule has 9 aromatic carbocycles. The maximum atomic E-state index is 12.8. The van der Waals surface area contributed by atoms with Crippen LogP contribution in [-0.2, 0) is 18.3 Å². The van der Waals surface area contributed by atoms with Crippen molar-refractivity contribution in [3.8, 4) is 28.0 Å². The molecule has 0 saturated heterocycles. The fourth-order valence-corrected chi connectivity index (χ4v) is 10.5. The highest BCUT2D eigenvalue weighted by Crippen LogP contribution is 2.40. The zero-order valence-corrected chi connectivity index (χ0v) is 47.3.